The Morgan fingerprint density at radius 2 is 1.73 bits per heavy atom. The largest absolute Gasteiger partial charge is 0.508 e. The minimum Gasteiger partial charge on any atom is -0.508 e. The maximum Gasteiger partial charge on any atom is 0.408 e. The quantitative estimate of drug-likeness (QED) is 0.266. The fourth-order valence-electron chi connectivity index (χ4n) is 3.70. The Morgan fingerprint density at radius 3 is 2.30 bits per heavy atom. The van der Waals surface area contributed by atoms with Crippen LogP contribution in [0.3, 0.4) is 0 Å². The van der Waals surface area contributed by atoms with E-state index in [1.807, 2.05) is 0 Å². The molecule has 1 rings (SSSR count). The highest BCUT2D eigenvalue weighted by molar-refractivity contribution is 5.93. The van der Waals surface area contributed by atoms with E-state index in [-0.39, 0.29) is 18.8 Å². The van der Waals surface area contributed by atoms with Gasteiger partial charge in [-0.3, -0.25) is 14.4 Å². The van der Waals surface area contributed by atoms with Crippen LogP contribution in [-0.4, -0.2) is 65.7 Å². The number of rotatable bonds is 13. The molecule has 10 nitrogen and oxygen atoms in total. The van der Waals surface area contributed by atoms with Crippen LogP contribution in [0.2, 0.25) is 0 Å². The van der Waals surface area contributed by atoms with Crippen molar-refractivity contribution in [2.45, 2.75) is 91.3 Å². The van der Waals surface area contributed by atoms with Crippen LogP contribution in [-0.2, 0) is 23.9 Å². The fourth-order valence-corrected chi connectivity index (χ4v) is 3.70. The van der Waals surface area contributed by atoms with Gasteiger partial charge in [-0.25, -0.2) is 4.79 Å². The van der Waals surface area contributed by atoms with E-state index in [0.29, 0.717) is 17.5 Å². The van der Waals surface area contributed by atoms with E-state index in [4.69, 9.17) is 4.74 Å². The molecular weight excluding hydrogens is 478 g/mol. The summed E-state index contributed by atoms with van der Waals surface area (Å²) in [7, 11) is 1.21. The molecule has 0 saturated carbocycles. The predicted molar refractivity (Wildman–Crippen MR) is 140 cm³/mol. The lowest BCUT2D eigenvalue weighted by Gasteiger charge is -2.34. The van der Waals surface area contributed by atoms with Gasteiger partial charge in [0, 0.05) is 6.54 Å². The average molecular weight is 522 g/mol. The molecule has 2 unspecified atom stereocenters. The first kappa shape index (κ1) is 31.7. The molecule has 0 saturated heterocycles. The van der Waals surface area contributed by atoms with Gasteiger partial charge in [-0.1, -0.05) is 38.7 Å². The molecule has 208 valence electrons. The van der Waals surface area contributed by atoms with Crippen molar-refractivity contribution in [2.75, 3.05) is 20.2 Å². The zero-order valence-corrected chi connectivity index (χ0v) is 23.2. The van der Waals surface area contributed by atoms with Gasteiger partial charge < -0.3 is 30.1 Å². The third kappa shape index (κ3) is 11.1. The number of carbonyl (C=O) groups is 4. The number of alkyl carbamates (subject to hydrolysis) is 1. The summed E-state index contributed by atoms with van der Waals surface area (Å²) < 4.78 is 9.91. The number of unbranched alkanes of at least 4 members (excludes halogenated alkanes) is 4. The van der Waals surface area contributed by atoms with Crippen LogP contribution in [0.5, 0.6) is 5.75 Å². The van der Waals surface area contributed by atoms with E-state index in [0.717, 1.165) is 25.7 Å². The fraction of sp³-hybridized carbons (Fsp3) is 0.630. The number of esters is 1. The zero-order chi connectivity index (χ0) is 28.2. The summed E-state index contributed by atoms with van der Waals surface area (Å²) in [6, 6.07) is 2.55. The molecule has 0 heterocycles. The molecule has 37 heavy (non-hydrogen) atoms. The van der Waals surface area contributed by atoms with Crippen LogP contribution in [0.15, 0.2) is 18.2 Å². The van der Waals surface area contributed by atoms with Crippen molar-refractivity contribution in [3.8, 4) is 5.75 Å². The zero-order valence-electron chi connectivity index (χ0n) is 23.2. The van der Waals surface area contributed by atoms with E-state index in [1.165, 1.54) is 25.0 Å². The van der Waals surface area contributed by atoms with Gasteiger partial charge in [0.2, 0.25) is 11.8 Å². The predicted octanol–water partition coefficient (Wildman–Crippen LogP) is 3.74. The molecule has 2 atom stereocenters. The first-order valence-electron chi connectivity index (χ1n) is 12.7. The highest BCUT2D eigenvalue weighted by atomic mass is 16.6. The van der Waals surface area contributed by atoms with Gasteiger partial charge >= 0.3 is 12.1 Å². The summed E-state index contributed by atoms with van der Waals surface area (Å²) in [5, 5.41) is 15.1. The summed E-state index contributed by atoms with van der Waals surface area (Å²) in [5.41, 5.74) is 0.244. The van der Waals surface area contributed by atoms with Crippen LogP contribution >= 0.6 is 0 Å². The number of phenols is 1. The van der Waals surface area contributed by atoms with Crippen molar-refractivity contribution in [1.29, 1.82) is 0 Å². The van der Waals surface area contributed by atoms with Gasteiger partial charge in [-0.2, -0.15) is 0 Å². The van der Waals surface area contributed by atoms with Crippen LogP contribution in [0.1, 0.15) is 83.9 Å². The lowest BCUT2D eigenvalue weighted by molar-refractivity contribution is -0.144. The van der Waals surface area contributed by atoms with E-state index < -0.39 is 41.6 Å². The molecule has 0 fully saturated rings. The molecule has 0 aliphatic carbocycles. The lowest BCUT2D eigenvalue weighted by atomic mass is 9.99. The Kier molecular flexibility index (Phi) is 12.9. The Hall–Kier alpha value is -3.30. The van der Waals surface area contributed by atoms with Crippen LogP contribution < -0.4 is 10.6 Å². The smallest absolute Gasteiger partial charge is 0.408 e. The van der Waals surface area contributed by atoms with Crippen molar-refractivity contribution in [3.05, 3.63) is 29.3 Å². The van der Waals surface area contributed by atoms with Crippen molar-refractivity contribution in [1.82, 2.24) is 15.5 Å². The molecular formula is C27H43N3O7. The number of hydrogen-bond acceptors (Lipinski definition) is 7. The number of hydrogen-bond donors (Lipinski definition) is 3. The minimum atomic E-state index is -1.11. The number of amides is 3. The second-order valence-corrected chi connectivity index (χ2v) is 10.1. The summed E-state index contributed by atoms with van der Waals surface area (Å²) in [6.45, 7) is 10.4. The number of phenolic OH excluding ortho intramolecular Hbond substituents is 1. The van der Waals surface area contributed by atoms with Crippen molar-refractivity contribution in [2.24, 2.45) is 0 Å². The van der Waals surface area contributed by atoms with Crippen LogP contribution in [0, 0.1) is 6.92 Å². The Balaban J connectivity index is 3.34. The third-order valence-electron chi connectivity index (χ3n) is 5.62. The molecule has 0 spiro atoms. The van der Waals surface area contributed by atoms with Gasteiger partial charge in [-0.15, -0.1) is 0 Å². The first-order valence-corrected chi connectivity index (χ1v) is 12.7. The SMILES string of the molecule is CCCCCCCN(C(=O)C(C)NC(=O)OC(C)(C)C)C(C(=O)NCC(=O)OC)c1ccc(O)c(C)c1. The number of aromatic hydroxyl groups is 1. The summed E-state index contributed by atoms with van der Waals surface area (Å²) in [6.07, 6.45) is 3.86. The lowest BCUT2D eigenvalue weighted by Crippen LogP contribution is -2.52. The number of methoxy groups -OCH3 is 1. The van der Waals surface area contributed by atoms with E-state index in [9.17, 15) is 24.3 Å². The van der Waals surface area contributed by atoms with E-state index >= 15 is 0 Å². The summed E-state index contributed by atoms with van der Waals surface area (Å²) in [4.78, 5) is 52.5. The third-order valence-corrected chi connectivity index (χ3v) is 5.62. The molecule has 0 aromatic heterocycles. The first-order chi connectivity index (χ1) is 17.3. The number of ether oxygens (including phenoxy) is 2. The molecule has 10 heteroatoms. The molecule has 3 amide bonds. The van der Waals surface area contributed by atoms with Gasteiger partial charge in [0.15, 0.2) is 0 Å². The minimum absolute atomic E-state index is 0.0508. The topological polar surface area (TPSA) is 134 Å². The number of carbonyl (C=O) groups excluding carboxylic acids is 4. The highest BCUT2D eigenvalue weighted by Crippen LogP contribution is 2.27. The van der Waals surface area contributed by atoms with Crippen LogP contribution in [0.4, 0.5) is 4.79 Å². The van der Waals surface area contributed by atoms with Gasteiger partial charge in [0.05, 0.1) is 7.11 Å². The van der Waals surface area contributed by atoms with Crippen molar-refractivity contribution >= 4 is 23.9 Å². The second kappa shape index (κ2) is 15.1. The van der Waals surface area contributed by atoms with Crippen molar-refractivity contribution in [3.63, 3.8) is 0 Å². The summed E-state index contributed by atoms with van der Waals surface area (Å²) in [5.74, 6) is -1.64. The maximum atomic E-state index is 13.7. The molecule has 1 aromatic rings. The Bertz CT molecular complexity index is 927. The maximum absolute atomic E-state index is 13.7. The number of nitrogens with zero attached hydrogens (tertiary/aromatic N) is 1. The normalized spacial score (nSPS) is 12.7. The average Bonchev–Trinajstić information content (AvgIpc) is 2.81. The molecule has 0 radical (unpaired) electrons. The van der Waals surface area contributed by atoms with E-state index in [1.54, 1.807) is 39.8 Å². The number of aryl methyl sites for hydroxylation is 1. The second-order valence-electron chi connectivity index (χ2n) is 10.1. The van der Waals surface area contributed by atoms with Crippen molar-refractivity contribution < 1.29 is 33.8 Å². The van der Waals surface area contributed by atoms with E-state index in [2.05, 4.69) is 22.3 Å². The van der Waals surface area contributed by atoms with Gasteiger partial charge in [-0.05, 0) is 64.3 Å². The molecule has 0 aliphatic heterocycles. The standard InChI is InChI=1S/C27H43N3O7/c1-8-9-10-11-12-15-30(25(34)19(3)29-26(35)37-27(4,5)6)23(24(33)28-17-22(32)36-7)20-13-14-21(31)18(2)16-20/h13-14,16,19,23,31H,8-12,15,17H2,1-7H3,(H,28,33)(H,29,35). The number of benzene rings is 1. The Labute approximate surface area is 220 Å². The highest BCUT2D eigenvalue weighted by Gasteiger charge is 2.35. The monoisotopic (exact) mass is 521 g/mol. The summed E-state index contributed by atoms with van der Waals surface area (Å²) >= 11 is 0. The Morgan fingerprint density at radius 1 is 1.08 bits per heavy atom. The number of nitrogens with one attached hydrogen (secondary N) is 2. The van der Waals surface area contributed by atoms with Crippen LogP contribution in [0.25, 0.3) is 0 Å². The molecule has 3 N–H and O–H groups in total. The van der Waals surface area contributed by atoms with Gasteiger partial charge in [0.25, 0.3) is 0 Å². The molecule has 0 aliphatic rings. The molecule has 0 bridgehead atoms. The van der Waals surface area contributed by atoms with Gasteiger partial charge in [0.1, 0.15) is 30.0 Å². The molecule has 1 aromatic carbocycles.